The van der Waals surface area contributed by atoms with E-state index in [1.165, 1.54) is 10.6 Å². The molecule has 2 aliphatic heterocycles. The van der Waals surface area contributed by atoms with Crippen LogP contribution in [0.2, 0.25) is 0 Å². The number of hydrogen-bond acceptors (Lipinski definition) is 6. The van der Waals surface area contributed by atoms with Gasteiger partial charge in [-0.25, -0.2) is 0 Å². The van der Waals surface area contributed by atoms with Gasteiger partial charge in [-0.2, -0.15) is 18.2 Å². The van der Waals surface area contributed by atoms with Gasteiger partial charge in [0.05, 0.1) is 24.9 Å². The average molecular weight is 400 g/mol. The number of rotatable bonds is 5. The summed E-state index contributed by atoms with van der Waals surface area (Å²) in [5, 5.41) is 13.3. The molecule has 3 fully saturated rings. The molecule has 3 heterocycles. The maximum Gasteiger partial charge on any atom is 0.408 e. The Hall–Kier alpha value is -1.81. The molecular formula is C18H23F3N4O3. The lowest BCUT2D eigenvalue weighted by Crippen LogP contribution is -2.55. The normalized spacial score (nSPS) is 32.6. The van der Waals surface area contributed by atoms with Crippen LogP contribution in [0.1, 0.15) is 25.7 Å². The predicted molar refractivity (Wildman–Crippen MR) is 94.3 cm³/mol. The standard InChI is InChI=1S/C18H23F3N4O3/c19-18(20,21)13-1-4-24-15(26)6-14(22-7-12-11-5-10(11)8-28-12)23-16(24)25(13)9-17(27)2-3-17/h6,10-13,22,27H,1-5,7-9H2/t10-,11?,12+,13-/m0/s1. The summed E-state index contributed by atoms with van der Waals surface area (Å²) in [6, 6.07) is -0.439. The number of fused-ring (bicyclic) bond motifs is 2. The van der Waals surface area contributed by atoms with E-state index < -0.39 is 23.4 Å². The van der Waals surface area contributed by atoms with Crippen molar-refractivity contribution < 1.29 is 23.0 Å². The lowest BCUT2D eigenvalue weighted by atomic mass is 10.1. The Bertz CT molecular complexity index is 838. The van der Waals surface area contributed by atoms with Crippen molar-refractivity contribution >= 4 is 11.8 Å². The van der Waals surface area contributed by atoms with E-state index in [4.69, 9.17) is 4.74 Å². The van der Waals surface area contributed by atoms with Gasteiger partial charge >= 0.3 is 6.18 Å². The van der Waals surface area contributed by atoms with E-state index in [2.05, 4.69) is 10.3 Å². The summed E-state index contributed by atoms with van der Waals surface area (Å²) in [5.41, 5.74) is -1.52. The molecule has 28 heavy (non-hydrogen) atoms. The van der Waals surface area contributed by atoms with E-state index in [0.29, 0.717) is 31.2 Å². The number of anilines is 2. The second kappa shape index (κ2) is 6.09. The minimum absolute atomic E-state index is 0.0273. The Kier molecular flexibility index (Phi) is 3.97. The van der Waals surface area contributed by atoms with Gasteiger partial charge in [0.2, 0.25) is 5.95 Å². The largest absolute Gasteiger partial charge is 0.408 e. The van der Waals surface area contributed by atoms with Crippen LogP contribution >= 0.6 is 0 Å². The highest BCUT2D eigenvalue weighted by Gasteiger charge is 2.52. The fourth-order valence-electron chi connectivity index (χ4n) is 4.41. The summed E-state index contributed by atoms with van der Waals surface area (Å²) in [6.45, 7) is 0.999. The minimum atomic E-state index is -4.46. The third kappa shape index (κ3) is 3.26. The summed E-state index contributed by atoms with van der Waals surface area (Å²) in [7, 11) is 0. The molecular weight excluding hydrogens is 377 g/mol. The number of aromatic nitrogens is 2. The van der Waals surface area contributed by atoms with Crippen LogP contribution in [0.3, 0.4) is 0 Å². The third-order valence-corrected chi connectivity index (χ3v) is 6.38. The highest BCUT2D eigenvalue weighted by molar-refractivity contribution is 5.45. The summed E-state index contributed by atoms with van der Waals surface area (Å²) in [5.74, 6) is 1.37. The van der Waals surface area contributed by atoms with E-state index in [0.717, 1.165) is 17.9 Å². The molecule has 0 aromatic carbocycles. The third-order valence-electron chi connectivity index (χ3n) is 6.38. The Morgan fingerprint density at radius 1 is 1.39 bits per heavy atom. The van der Waals surface area contributed by atoms with Crippen molar-refractivity contribution in [3.8, 4) is 0 Å². The molecule has 1 saturated heterocycles. The van der Waals surface area contributed by atoms with Gasteiger partial charge in [-0.1, -0.05) is 0 Å². The van der Waals surface area contributed by atoms with Crippen LogP contribution in [-0.2, 0) is 11.3 Å². The quantitative estimate of drug-likeness (QED) is 0.777. The number of hydrogen-bond donors (Lipinski definition) is 2. The van der Waals surface area contributed by atoms with Crippen molar-refractivity contribution in [2.75, 3.05) is 29.9 Å². The second-order valence-electron chi connectivity index (χ2n) is 8.54. The van der Waals surface area contributed by atoms with E-state index in [1.54, 1.807) is 0 Å². The van der Waals surface area contributed by atoms with E-state index >= 15 is 0 Å². The van der Waals surface area contributed by atoms with Gasteiger partial charge in [-0.15, -0.1) is 0 Å². The number of halogens is 3. The monoisotopic (exact) mass is 400 g/mol. The van der Waals surface area contributed by atoms with Crippen LogP contribution in [0.15, 0.2) is 10.9 Å². The van der Waals surface area contributed by atoms with Crippen molar-refractivity contribution in [1.29, 1.82) is 0 Å². The van der Waals surface area contributed by atoms with Gasteiger partial charge < -0.3 is 20.1 Å². The van der Waals surface area contributed by atoms with Crippen molar-refractivity contribution in [3.05, 3.63) is 16.4 Å². The molecule has 4 atom stereocenters. The maximum absolute atomic E-state index is 13.6. The molecule has 7 nitrogen and oxygen atoms in total. The van der Waals surface area contributed by atoms with Gasteiger partial charge in [0.1, 0.15) is 11.9 Å². The fraction of sp³-hybridized carbons (Fsp3) is 0.778. The first kappa shape index (κ1) is 18.2. The van der Waals surface area contributed by atoms with Crippen molar-refractivity contribution in [3.63, 3.8) is 0 Å². The number of nitrogens with zero attached hydrogens (tertiary/aromatic N) is 3. The molecule has 1 aromatic heterocycles. The molecule has 4 aliphatic rings. The second-order valence-corrected chi connectivity index (χ2v) is 8.54. The zero-order chi connectivity index (χ0) is 19.7. The van der Waals surface area contributed by atoms with Crippen molar-refractivity contribution in [2.24, 2.45) is 11.8 Å². The van der Waals surface area contributed by atoms with Crippen molar-refractivity contribution in [1.82, 2.24) is 9.55 Å². The number of ether oxygens (including phenoxy) is 1. The van der Waals surface area contributed by atoms with Crippen LogP contribution in [0.5, 0.6) is 0 Å². The molecule has 2 aliphatic carbocycles. The number of nitrogens with one attached hydrogen (secondary N) is 1. The number of β-amino-alcohol motifs (C(OH)–C–C–N with tert-alkyl or cyclic N) is 1. The zero-order valence-electron chi connectivity index (χ0n) is 15.3. The molecule has 0 bridgehead atoms. The molecule has 5 rings (SSSR count). The highest BCUT2D eigenvalue weighted by atomic mass is 19.4. The van der Waals surface area contributed by atoms with Gasteiger partial charge in [0.25, 0.3) is 5.56 Å². The maximum atomic E-state index is 13.6. The Labute approximate surface area is 159 Å². The molecule has 10 heteroatoms. The van der Waals surface area contributed by atoms with E-state index in [9.17, 15) is 23.1 Å². The molecule has 0 spiro atoms. The first-order valence-corrected chi connectivity index (χ1v) is 9.77. The van der Waals surface area contributed by atoms with E-state index in [-0.39, 0.29) is 37.4 Å². The van der Waals surface area contributed by atoms with Gasteiger partial charge in [-0.3, -0.25) is 9.36 Å². The first-order valence-electron chi connectivity index (χ1n) is 9.77. The molecule has 0 amide bonds. The average Bonchev–Trinajstić information content (AvgIpc) is 3.52. The number of aliphatic hydroxyl groups is 1. The lowest BCUT2D eigenvalue weighted by molar-refractivity contribution is -0.153. The van der Waals surface area contributed by atoms with Crippen LogP contribution in [-0.4, -0.2) is 58.3 Å². The smallest absolute Gasteiger partial charge is 0.388 e. The summed E-state index contributed by atoms with van der Waals surface area (Å²) in [6.07, 6.45) is -2.59. The lowest BCUT2D eigenvalue weighted by Gasteiger charge is -2.40. The number of alkyl halides is 3. The molecule has 154 valence electrons. The topological polar surface area (TPSA) is 79.6 Å². The van der Waals surface area contributed by atoms with Crippen LogP contribution in [0.4, 0.5) is 24.9 Å². The van der Waals surface area contributed by atoms with Gasteiger partial charge in [0.15, 0.2) is 0 Å². The Morgan fingerprint density at radius 3 is 2.79 bits per heavy atom. The zero-order valence-corrected chi connectivity index (χ0v) is 15.3. The SMILES string of the molecule is O=c1cc(NC[C@H]2OC[C@@H]3CC32)nc2n1CC[C@@H](C(F)(F)F)N2CC1(O)CC1. The predicted octanol–water partition coefficient (Wildman–Crippen LogP) is 1.36. The van der Waals surface area contributed by atoms with Crippen LogP contribution in [0, 0.1) is 11.8 Å². The minimum Gasteiger partial charge on any atom is -0.388 e. The first-order chi connectivity index (χ1) is 13.2. The molecule has 1 unspecified atom stereocenters. The molecule has 0 radical (unpaired) electrons. The van der Waals surface area contributed by atoms with Crippen LogP contribution in [0.25, 0.3) is 0 Å². The van der Waals surface area contributed by atoms with Gasteiger partial charge in [0, 0.05) is 19.2 Å². The summed E-state index contributed by atoms with van der Waals surface area (Å²) < 4.78 is 47.8. The summed E-state index contributed by atoms with van der Waals surface area (Å²) in [4.78, 5) is 17.9. The van der Waals surface area contributed by atoms with E-state index in [1.807, 2.05) is 0 Å². The van der Waals surface area contributed by atoms with Crippen LogP contribution < -0.4 is 15.8 Å². The summed E-state index contributed by atoms with van der Waals surface area (Å²) >= 11 is 0. The molecule has 1 aromatic rings. The highest BCUT2D eigenvalue weighted by Crippen LogP contribution is 2.48. The molecule has 2 saturated carbocycles. The molecule has 2 N–H and O–H groups in total. The Balaban J connectivity index is 1.42. The van der Waals surface area contributed by atoms with Gasteiger partial charge in [-0.05, 0) is 37.5 Å². The fourth-order valence-corrected chi connectivity index (χ4v) is 4.41. The Morgan fingerprint density at radius 2 is 2.18 bits per heavy atom. The van der Waals surface area contributed by atoms with Crippen molar-refractivity contribution in [2.45, 2.75) is 56.2 Å².